The van der Waals surface area contributed by atoms with E-state index in [1.807, 2.05) is 24.3 Å². The van der Waals surface area contributed by atoms with E-state index in [1.54, 1.807) is 18.2 Å². The summed E-state index contributed by atoms with van der Waals surface area (Å²) in [5.74, 6) is -5.82. The van der Waals surface area contributed by atoms with E-state index in [1.165, 1.54) is 0 Å². The number of ether oxygens (including phenoxy) is 1. The predicted octanol–water partition coefficient (Wildman–Crippen LogP) is 4.66. The van der Waals surface area contributed by atoms with Crippen molar-refractivity contribution in [1.29, 1.82) is 0 Å². The number of anilines is 1. The molecule has 4 aromatic rings. The summed E-state index contributed by atoms with van der Waals surface area (Å²) in [6.07, 6.45) is 0. The van der Waals surface area contributed by atoms with Crippen molar-refractivity contribution in [3.63, 3.8) is 0 Å². The molecule has 4 rings (SSSR count). The number of nitrogens with one attached hydrogen (secondary N) is 1. The van der Waals surface area contributed by atoms with E-state index in [-0.39, 0.29) is 15.4 Å². The van der Waals surface area contributed by atoms with Gasteiger partial charge in [0.15, 0.2) is 29.2 Å². The highest BCUT2D eigenvalue weighted by Crippen LogP contribution is 2.30. The first kappa shape index (κ1) is 18.9. The Labute approximate surface area is 165 Å². The fraction of sp³-hybridized carbons (Fsp3) is 0.0500. The van der Waals surface area contributed by atoms with Crippen molar-refractivity contribution in [2.75, 3.05) is 11.9 Å². The van der Waals surface area contributed by atoms with E-state index in [2.05, 4.69) is 10.3 Å². The lowest BCUT2D eigenvalue weighted by atomic mass is 10.1. The Morgan fingerprint density at radius 1 is 1.00 bits per heavy atom. The lowest BCUT2D eigenvalue weighted by Crippen LogP contribution is -2.20. The van der Waals surface area contributed by atoms with Crippen molar-refractivity contribution in [3.8, 4) is 0 Å². The number of fused-ring (bicyclic) bond motifs is 2. The molecule has 0 spiro atoms. The van der Waals surface area contributed by atoms with Gasteiger partial charge in [0.1, 0.15) is 5.52 Å². The highest BCUT2D eigenvalue weighted by Gasteiger charge is 2.19. The minimum absolute atomic E-state index is 0.0323. The number of halogens is 3. The molecule has 0 aliphatic rings. The maximum absolute atomic E-state index is 13.7. The molecule has 0 saturated heterocycles. The lowest BCUT2D eigenvalue weighted by molar-refractivity contribution is -0.119. The van der Waals surface area contributed by atoms with Crippen LogP contribution in [-0.4, -0.2) is 23.5 Å². The molecule has 0 aliphatic carbocycles. The first-order valence-electron chi connectivity index (χ1n) is 8.32. The summed E-state index contributed by atoms with van der Waals surface area (Å²) < 4.78 is 45.3. The van der Waals surface area contributed by atoms with Gasteiger partial charge in [-0.3, -0.25) is 10.1 Å². The Balaban J connectivity index is 1.42. The predicted molar refractivity (Wildman–Crippen MR) is 102 cm³/mol. The number of esters is 1. The summed E-state index contributed by atoms with van der Waals surface area (Å²) in [4.78, 5) is 27.9. The van der Waals surface area contributed by atoms with Crippen molar-refractivity contribution in [3.05, 3.63) is 71.5 Å². The van der Waals surface area contributed by atoms with Crippen LogP contribution in [-0.2, 0) is 9.53 Å². The number of thiazole rings is 1. The van der Waals surface area contributed by atoms with Gasteiger partial charge in [-0.2, -0.15) is 0 Å². The van der Waals surface area contributed by atoms with Crippen LogP contribution in [0.15, 0.2) is 48.5 Å². The third-order valence-electron chi connectivity index (χ3n) is 4.09. The highest BCUT2D eigenvalue weighted by molar-refractivity contribution is 7.22. The molecule has 1 aromatic heterocycles. The van der Waals surface area contributed by atoms with Crippen molar-refractivity contribution in [2.24, 2.45) is 0 Å². The highest BCUT2D eigenvalue weighted by atomic mass is 32.1. The number of carbonyl (C=O) groups excluding carboxylic acids is 2. The Kier molecular flexibility index (Phi) is 4.89. The van der Waals surface area contributed by atoms with Crippen molar-refractivity contribution < 1.29 is 27.5 Å². The van der Waals surface area contributed by atoms with Crippen molar-refractivity contribution in [1.82, 2.24) is 4.98 Å². The van der Waals surface area contributed by atoms with Crippen LogP contribution in [0.2, 0.25) is 0 Å². The number of benzene rings is 3. The molecule has 0 bridgehead atoms. The van der Waals surface area contributed by atoms with Gasteiger partial charge in [0.05, 0.1) is 10.3 Å². The summed E-state index contributed by atoms with van der Waals surface area (Å²) >= 11 is 0.764. The van der Waals surface area contributed by atoms with E-state index in [0.717, 1.165) is 28.2 Å². The molecule has 0 unspecified atom stereocenters. The van der Waals surface area contributed by atoms with Crippen LogP contribution in [0.5, 0.6) is 0 Å². The zero-order chi connectivity index (χ0) is 20.5. The van der Waals surface area contributed by atoms with Crippen molar-refractivity contribution >= 4 is 49.3 Å². The molecule has 3 aromatic carbocycles. The van der Waals surface area contributed by atoms with Crippen LogP contribution >= 0.6 is 11.3 Å². The van der Waals surface area contributed by atoms with Crippen LogP contribution in [0.1, 0.15) is 10.4 Å². The van der Waals surface area contributed by atoms with E-state index in [9.17, 15) is 22.8 Å². The van der Waals surface area contributed by atoms with Gasteiger partial charge in [0.25, 0.3) is 5.91 Å². The molecule has 5 nitrogen and oxygen atoms in total. The smallest absolute Gasteiger partial charge is 0.338 e. The first-order chi connectivity index (χ1) is 13.9. The molecular weight excluding hydrogens is 405 g/mol. The quantitative estimate of drug-likeness (QED) is 0.388. The standard InChI is InChI=1S/C20H11F3N2O3S/c21-13-8-14-18(17(23)16(13)22)25-20(29-14)24-15(26)9-28-19(27)12-6-5-10-3-1-2-4-11(10)7-12/h1-8H,9H2,(H,24,25,26). The zero-order valence-electron chi connectivity index (χ0n) is 14.5. The molecule has 1 heterocycles. The van der Waals surface area contributed by atoms with Crippen LogP contribution in [0, 0.1) is 17.5 Å². The topological polar surface area (TPSA) is 68.3 Å². The summed E-state index contributed by atoms with van der Waals surface area (Å²) in [7, 11) is 0. The second kappa shape index (κ2) is 7.51. The number of nitrogens with zero attached hydrogens (tertiary/aromatic N) is 1. The molecule has 0 saturated carbocycles. The molecule has 0 radical (unpaired) electrons. The van der Waals surface area contributed by atoms with Gasteiger partial charge >= 0.3 is 5.97 Å². The summed E-state index contributed by atoms with van der Waals surface area (Å²) in [5, 5.41) is 4.05. The average Bonchev–Trinajstić information content (AvgIpc) is 3.12. The van der Waals surface area contributed by atoms with Crippen LogP contribution < -0.4 is 5.32 Å². The third-order valence-corrected chi connectivity index (χ3v) is 5.01. The maximum atomic E-state index is 13.7. The Hall–Kier alpha value is -3.46. The van der Waals surface area contributed by atoms with Gasteiger partial charge in [-0.1, -0.05) is 41.7 Å². The fourth-order valence-corrected chi connectivity index (χ4v) is 3.62. The number of amides is 1. The maximum Gasteiger partial charge on any atom is 0.338 e. The van der Waals surface area contributed by atoms with Crippen LogP contribution in [0.4, 0.5) is 18.3 Å². The monoisotopic (exact) mass is 416 g/mol. The number of hydrogen-bond acceptors (Lipinski definition) is 5. The largest absolute Gasteiger partial charge is 0.452 e. The molecular formula is C20H11F3N2O3S. The van der Waals surface area contributed by atoms with Gasteiger partial charge < -0.3 is 4.74 Å². The van der Waals surface area contributed by atoms with Crippen LogP contribution in [0.3, 0.4) is 0 Å². The summed E-state index contributed by atoms with van der Waals surface area (Å²) in [5.41, 5.74) is -0.109. The van der Waals surface area contributed by atoms with Gasteiger partial charge in [-0.15, -0.1) is 0 Å². The van der Waals surface area contributed by atoms with E-state index < -0.39 is 41.5 Å². The average molecular weight is 416 g/mol. The minimum Gasteiger partial charge on any atom is -0.452 e. The molecule has 9 heteroatoms. The Morgan fingerprint density at radius 3 is 2.55 bits per heavy atom. The normalized spacial score (nSPS) is 11.0. The second-order valence-electron chi connectivity index (χ2n) is 6.04. The van der Waals surface area contributed by atoms with Gasteiger partial charge in [-0.05, 0) is 29.0 Å². The van der Waals surface area contributed by atoms with Gasteiger partial charge in [-0.25, -0.2) is 22.9 Å². The van der Waals surface area contributed by atoms with Gasteiger partial charge in [0.2, 0.25) is 0 Å². The number of hydrogen-bond donors (Lipinski definition) is 1. The fourth-order valence-electron chi connectivity index (χ4n) is 2.71. The number of rotatable bonds is 4. The van der Waals surface area contributed by atoms with E-state index >= 15 is 0 Å². The van der Waals surface area contributed by atoms with E-state index in [4.69, 9.17) is 4.74 Å². The summed E-state index contributed by atoms with van der Waals surface area (Å²) in [6.45, 7) is -0.604. The minimum atomic E-state index is -1.63. The molecule has 0 fully saturated rings. The summed E-state index contributed by atoms with van der Waals surface area (Å²) in [6, 6.07) is 13.2. The number of carbonyl (C=O) groups is 2. The Bertz CT molecular complexity index is 1270. The SMILES string of the molecule is O=C(COC(=O)c1ccc2ccccc2c1)Nc1nc2c(F)c(F)c(F)cc2s1. The van der Waals surface area contributed by atoms with Crippen molar-refractivity contribution in [2.45, 2.75) is 0 Å². The molecule has 146 valence electrons. The van der Waals surface area contributed by atoms with Gasteiger partial charge in [0, 0.05) is 0 Å². The van der Waals surface area contributed by atoms with E-state index in [0.29, 0.717) is 0 Å². The molecule has 0 atom stereocenters. The molecule has 0 aliphatic heterocycles. The molecule has 29 heavy (non-hydrogen) atoms. The first-order valence-corrected chi connectivity index (χ1v) is 9.14. The van der Waals surface area contributed by atoms with Crippen LogP contribution in [0.25, 0.3) is 21.0 Å². The Morgan fingerprint density at radius 2 is 1.76 bits per heavy atom. The zero-order valence-corrected chi connectivity index (χ0v) is 15.4. The number of aromatic nitrogens is 1. The third kappa shape index (κ3) is 3.77. The molecule has 1 N–H and O–H groups in total. The second-order valence-corrected chi connectivity index (χ2v) is 7.07. The molecule has 1 amide bonds. The lowest BCUT2D eigenvalue weighted by Gasteiger charge is -2.05.